The topological polar surface area (TPSA) is 15.3 Å². The van der Waals surface area contributed by atoms with E-state index in [-0.39, 0.29) is 0 Å². The van der Waals surface area contributed by atoms with Gasteiger partial charge in [-0.2, -0.15) is 0 Å². The molecule has 2 nitrogen and oxygen atoms in total. The van der Waals surface area contributed by atoms with Gasteiger partial charge in [-0.25, -0.2) is 0 Å². The van der Waals surface area contributed by atoms with Gasteiger partial charge < -0.3 is 5.32 Å². The largest absolute Gasteiger partial charge is 0.308 e. The molecule has 1 aliphatic carbocycles. The molecule has 0 aromatic rings. The van der Waals surface area contributed by atoms with Crippen LogP contribution in [0, 0.1) is 0 Å². The second kappa shape index (κ2) is 6.38. The van der Waals surface area contributed by atoms with E-state index in [0.717, 1.165) is 6.04 Å². The molecule has 2 fully saturated rings. The summed E-state index contributed by atoms with van der Waals surface area (Å²) in [7, 11) is 0. The third kappa shape index (κ3) is 3.27. The van der Waals surface area contributed by atoms with Crippen LogP contribution >= 0.6 is 0 Å². The van der Waals surface area contributed by atoms with Crippen LogP contribution in [0.25, 0.3) is 0 Å². The number of piperazine rings is 1. The van der Waals surface area contributed by atoms with Gasteiger partial charge in [0.1, 0.15) is 0 Å². The third-order valence-corrected chi connectivity index (χ3v) is 5.18. The lowest BCUT2D eigenvalue weighted by Crippen LogP contribution is -2.64. The number of hydrogen-bond acceptors (Lipinski definition) is 2. The Morgan fingerprint density at radius 1 is 1.28 bits per heavy atom. The van der Waals surface area contributed by atoms with Gasteiger partial charge in [0, 0.05) is 30.7 Å². The highest BCUT2D eigenvalue weighted by molar-refractivity contribution is 5.01. The van der Waals surface area contributed by atoms with Crippen molar-refractivity contribution in [3.63, 3.8) is 0 Å². The van der Waals surface area contributed by atoms with Crippen LogP contribution in [-0.4, -0.2) is 35.6 Å². The molecule has 2 rings (SSSR count). The number of nitrogens with zero attached hydrogens (tertiary/aromatic N) is 1. The van der Waals surface area contributed by atoms with Crippen LogP contribution in [-0.2, 0) is 0 Å². The molecule has 2 atom stereocenters. The first kappa shape index (κ1) is 14.3. The third-order valence-electron chi connectivity index (χ3n) is 5.18. The Morgan fingerprint density at radius 2 is 2.00 bits per heavy atom. The Kier molecular flexibility index (Phi) is 5.08. The highest BCUT2D eigenvalue weighted by Crippen LogP contribution is 2.34. The molecule has 2 heteroatoms. The summed E-state index contributed by atoms with van der Waals surface area (Å²) >= 11 is 0. The van der Waals surface area contributed by atoms with Crippen LogP contribution in [0.5, 0.6) is 0 Å². The van der Waals surface area contributed by atoms with Crippen molar-refractivity contribution in [1.29, 1.82) is 0 Å². The van der Waals surface area contributed by atoms with Gasteiger partial charge in [0.25, 0.3) is 0 Å². The van der Waals surface area contributed by atoms with E-state index in [4.69, 9.17) is 0 Å². The zero-order valence-corrected chi connectivity index (χ0v) is 12.7. The maximum atomic E-state index is 3.85. The Bertz CT molecular complexity index is 245. The van der Waals surface area contributed by atoms with E-state index >= 15 is 0 Å². The fraction of sp³-hybridized carbons (Fsp3) is 1.00. The average Bonchev–Trinajstić information content (AvgIpc) is 2.81. The van der Waals surface area contributed by atoms with E-state index in [0.29, 0.717) is 11.6 Å². The van der Waals surface area contributed by atoms with E-state index in [1.54, 1.807) is 0 Å². The first-order valence-corrected chi connectivity index (χ1v) is 8.18. The van der Waals surface area contributed by atoms with E-state index in [2.05, 4.69) is 31.0 Å². The first-order chi connectivity index (χ1) is 8.67. The highest BCUT2D eigenvalue weighted by atomic mass is 15.3. The summed E-state index contributed by atoms with van der Waals surface area (Å²) in [6.45, 7) is 9.62. The summed E-state index contributed by atoms with van der Waals surface area (Å²) in [6.07, 6.45) is 11.2. The Morgan fingerprint density at radius 3 is 2.67 bits per heavy atom. The summed E-state index contributed by atoms with van der Waals surface area (Å²) < 4.78 is 0. The van der Waals surface area contributed by atoms with Crippen molar-refractivity contribution in [2.24, 2.45) is 0 Å². The zero-order chi connectivity index (χ0) is 13.0. The van der Waals surface area contributed by atoms with Crippen LogP contribution in [0.15, 0.2) is 0 Å². The molecular formula is C16H32N2. The molecule has 2 unspecified atom stereocenters. The minimum Gasteiger partial charge on any atom is -0.308 e. The first-order valence-electron chi connectivity index (χ1n) is 8.18. The lowest BCUT2D eigenvalue weighted by molar-refractivity contribution is 0.0527. The second-order valence-electron chi connectivity index (χ2n) is 6.73. The van der Waals surface area contributed by atoms with E-state index in [1.165, 1.54) is 64.5 Å². The molecule has 0 amide bonds. The number of unbranched alkanes of at least 4 members (excludes halogenated alkanes) is 2. The predicted molar refractivity (Wildman–Crippen MR) is 79.0 cm³/mol. The molecule has 106 valence electrons. The normalized spacial score (nSPS) is 29.8. The molecule has 0 radical (unpaired) electrons. The quantitative estimate of drug-likeness (QED) is 0.753. The molecule has 0 bridgehead atoms. The lowest BCUT2D eigenvalue weighted by atomic mass is 9.91. The molecule has 1 heterocycles. The van der Waals surface area contributed by atoms with Gasteiger partial charge in [0.05, 0.1) is 0 Å². The maximum Gasteiger partial charge on any atom is 0.0309 e. The SMILES string of the molecule is CCCCCC(C)N1CC2(CCCC2)NCC1C. The molecule has 18 heavy (non-hydrogen) atoms. The van der Waals surface area contributed by atoms with Gasteiger partial charge in [0.2, 0.25) is 0 Å². The fourth-order valence-corrected chi connectivity index (χ4v) is 3.88. The van der Waals surface area contributed by atoms with Crippen LogP contribution in [0.1, 0.15) is 72.1 Å². The fourth-order valence-electron chi connectivity index (χ4n) is 3.88. The van der Waals surface area contributed by atoms with Crippen molar-refractivity contribution in [3.05, 3.63) is 0 Å². The zero-order valence-electron chi connectivity index (χ0n) is 12.7. The van der Waals surface area contributed by atoms with Gasteiger partial charge in [-0.15, -0.1) is 0 Å². The minimum absolute atomic E-state index is 0.478. The summed E-state index contributed by atoms with van der Waals surface area (Å²) in [5, 5.41) is 3.85. The molecule has 1 saturated heterocycles. The highest BCUT2D eigenvalue weighted by Gasteiger charge is 2.40. The predicted octanol–water partition coefficient (Wildman–Crippen LogP) is 3.56. The van der Waals surface area contributed by atoms with E-state index in [1.807, 2.05) is 0 Å². The molecule has 1 N–H and O–H groups in total. The van der Waals surface area contributed by atoms with E-state index < -0.39 is 0 Å². The number of hydrogen-bond donors (Lipinski definition) is 1. The molecule has 2 aliphatic rings. The van der Waals surface area contributed by atoms with Crippen molar-refractivity contribution < 1.29 is 0 Å². The molecule has 0 aromatic carbocycles. The minimum atomic E-state index is 0.478. The molecular weight excluding hydrogens is 220 g/mol. The molecule has 1 saturated carbocycles. The van der Waals surface area contributed by atoms with Crippen LogP contribution in [0.4, 0.5) is 0 Å². The maximum absolute atomic E-state index is 3.85. The average molecular weight is 252 g/mol. The Balaban J connectivity index is 1.88. The van der Waals surface area contributed by atoms with Crippen molar-refractivity contribution in [2.45, 2.75) is 89.8 Å². The number of rotatable bonds is 5. The van der Waals surface area contributed by atoms with Crippen LogP contribution in [0.3, 0.4) is 0 Å². The standard InChI is InChI=1S/C16H32N2/c1-4-5-6-9-14(2)18-13-16(10-7-8-11-16)17-12-15(18)3/h14-15,17H,4-13H2,1-3H3. The smallest absolute Gasteiger partial charge is 0.0309 e. The lowest BCUT2D eigenvalue weighted by Gasteiger charge is -2.48. The van der Waals surface area contributed by atoms with Crippen molar-refractivity contribution in [1.82, 2.24) is 10.2 Å². The monoisotopic (exact) mass is 252 g/mol. The van der Waals surface area contributed by atoms with Gasteiger partial charge in [-0.3, -0.25) is 4.90 Å². The summed E-state index contributed by atoms with van der Waals surface area (Å²) in [5.74, 6) is 0. The van der Waals surface area contributed by atoms with Crippen molar-refractivity contribution >= 4 is 0 Å². The Hall–Kier alpha value is -0.0800. The summed E-state index contributed by atoms with van der Waals surface area (Å²) in [4.78, 5) is 2.79. The summed E-state index contributed by atoms with van der Waals surface area (Å²) in [6, 6.07) is 1.49. The van der Waals surface area contributed by atoms with Crippen molar-refractivity contribution in [3.8, 4) is 0 Å². The van der Waals surface area contributed by atoms with Crippen LogP contribution in [0.2, 0.25) is 0 Å². The van der Waals surface area contributed by atoms with Crippen molar-refractivity contribution in [2.75, 3.05) is 13.1 Å². The molecule has 0 aromatic heterocycles. The molecule has 1 spiro atoms. The van der Waals surface area contributed by atoms with E-state index in [9.17, 15) is 0 Å². The van der Waals surface area contributed by atoms with Gasteiger partial charge in [0.15, 0.2) is 0 Å². The second-order valence-corrected chi connectivity index (χ2v) is 6.73. The van der Waals surface area contributed by atoms with Gasteiger partial charge in [-0.1, -0.05) is 39.0 Å². The molecule has 1 aliphatic heterocycles. The number of nitrogens with one attached hydrogen (secondary N) is 1. The summed E-state index contributed by atoms with van der Waals surface area (Å²) in [5.41, 5.74) is 0.478. The van der Waals surface area contributed by atoms with Gasteiger partial charge in [-0.05, 0) is 33.1 Å². The van der Waals surface area contributed by atoms with Crippen LogP contribution < -0.4 is 5.32 Å². The van der Waals surface area contributed by atoms with Gasteiger partial charge >= 0.3 is 0 Å². The Labute approximate surface area is 114 Å².